The van der Waals surface area contributed by atoms with E-state index in [-0.39, 0.29) is 28.5 Å². The van der Waals surface area contributed by atoms with Gasteiger partial charge < -0.3 is 15.8 Å². The lowest BCUT2D eigenvalue weighted by Crippen LogP contribution is -2.45. The highest BCUT2D eigenvalue weighted by Gasteiger charge is 2.54. The van der Waals surface area contributed by atoms with Crippen LogP contribution >= 0.6 is 0 Å². The van der Waals surface area contributed by atoms with Crippen molar-refractivity contribution >= 4 is 17.4 Å². The molecule has 7 nitrogen and oxygen atoms in total. The number of carbonyl (C=O) groups is 1. The third kappa shape index (κ3) is 3.92. The first kappa shape index (κ1) is 20.7. The molecule has 12 heteroatoms. The summed E-state index contributed by atoms with van der Waals surface area (Å²) in [5.41, 5.74) is 2.26. The molecule has 1 amide bonds. The van der Waals surface area contributed by atoms with Crippen LogP contribution in [0.25, 0.3) is 0 Å². The molecular weight excluding hydrogens is 401 g/mol. The molecule has 0 radical (unpaired) electrons. The highest BCUT2D eigenvalue weighted by Crippen LogP contribution is 2.44. The van der Waals surface area contributed by atoms with Crippen molar-refractivity contribution in [3.8, 4) is 0 Å². The number of benzene rings is 1. The van der Waals surface area contributed by atoms with Gasteiger partial charge >= 0.3 is 6.55 Å². The van der Waals surface area contributed by atoms with E-state index in [2.05, 4.69) is 15.4 Å². The Morgan fingerprint density at radius 1 is 1.34 bits per heavy atom. The predicted octanol–water partition coefficient (Wildman–Crippen LogP) is 2.91. The Bertz CT molecular complexity index is 961. The highest BCUT2D eigenvalue weighted by atomic mass is 19.3. The summed E-state index contributed by atoms with van der Waals surface area (Å²) < 4.78 is 74.0. The van der Waals surface area contributed by atoms with E-state index in [4.69, 9.17) is 10.5 Å². The number of aliphatic imine (C=N–C) groups is 1. The summed E-state index contributed by atoms with van der Waals surface area (Å²) in [7, 11) is 0. The third-order valence-electron chi connectivity index (χ3n) is 4.40. The Morgan fingerprint density at radius 3 is 2.72 bits per heavy atom. The maximum atomic E-state index is 14.7. The van der Waals surface area contributed by atoms with Crippen molar-refractivity contribution in [2.24, 2.45) is 10.7 Å². The zero-order chi connectivity index (χ0) is 21.4. The van der Waals surface area contributed by atoms with E-state index in [1.165, 1.54) is 0 Å². The van der Waals surface area contributed by atoms with Gasteiger partial charge in [0.25, 0.3) is 11.8 Å². The first-order valence-corrected chi connectivity index (χ1v) is 8.28. The van der Waals surface area contributed by atoms with Gasteiger partial charge in [-0.15, -0.1) is 0 Å². The Kier molecular flexibility index (Phi) is 5.30. The van der Waals surface area contributed by atoms with Crippen LogP contribution in [0.15, 0.2) is 35.5 Å². The van der Waals surface area contributed by atoms with Crippen molar-refractivity contribution in [3.63, 3.8) is 0 Å². The van der Waals surface area contributed by atoms with Crippen molar-refractivity contribution in [2.75, 3.05) is 18.5 Å². The molecule has 0 spiro atoms. The molecule has 0 bridgehead atoms. The van der Waals surface area contributed by atoms with Crippen molar-refractivity contribution in [1.29, 1.82) is 0 Å². The second-order valence-corrected chi connectivity index (χ2v) is 6.48. The van der Waals surface area contributed by atoms with Crippen LogP contribution in [0.5, 0.6) is 0 Å². The molecule has 3 rings (SSSR count). The predicted molar refractivity (Wildman–Crippen MR) is 92.6 cm³/mol. The molecule has 0 saturated carbocycles. The molecule has 2 heterocycles. The van der Waals surface area contributed by atoms with Gasteiger partial charge in [0.15, 0.2) is 11.2 Å². The van der Waals surface area contributed by atoms with E-state index in [1.807, 2.05) is 0 Å². The maximum Gasteiger partial charge on any atom is 0.333 e. The lowest BCUT2D eigenvalue weighted by molar-refractivity contribution is -0.116. The Labute approximate surface area is 161 Å². The van der Waals surface area contributed by atoms with Gasteiger partial charge in [-0.25, -0.2) is 17.9 Å². The van der Waals surface area contributed by atoms with Crippen LogP contribution in [-0.2, 0) is 10.3 Å². The number of hydrogen-bond donors (Lipinski definition) is 2. The first-order chi connectivity index (χ1) is 13.5. The fraction of sp³-hybridized carbons (Fsp3) is 0.353. The van der Waals surface area contributed by atoms with Crippen LogP contribution in [0, 0.1) is 5.82 Å². The largest absolute Gasteiger partial charge is 0.385 e. The molecule has 156 valence electrons. The smallest absolute Gasteiger partial charge is 0.333 e. The Hall–Kier alpha value is -3.02. The number of carbonyl (C=O) groups excluding carboxylic acids is 1. The van der Waals surface area contributed by atoms with Gasteiger partial charge in [0.05, 0.1) is 0 Å². The zero-order valence-electron chi connectivity index (χ0n) is 15.0. The quantitative estimate of drug-likeness (QED) is 0.748. The number of halogens is 5. The standard InChI is InChI=1S/C17H16F5N5O2/c1-16(17(21,22)8-29-7-13(23)25-16)10-6-9(2-3-11(10)18)24-14(28)12-4-5-27(26-12)15(19)20/h2-6,15H,7-8H2,1H3,(H2,23,25)(H,24,28). The third-order valence-corrected chi connectivity index (χ3v) is 4.40. The van der Waals surface area contributed by atoms with Crippen LogP contribution in [0.4, 0.5) is 27.6 Å². The minimum Gasteiger partial charge on any atom is -0.385 e. The van der Waals surface area contributed by atoms with Gasteiger partial charge in [-0.1, -0.05) is 0 Å². The van der Waals surface area contributed by atoms with Gasteiger partial charge in [0.2, 0.25) is 0 Å². The van der Waals surface area contributed by atoms with Crippen LogP contribution in [-0.4, -0.2) is 40.7 Å². The SMILES string of the molecule is CC1(c2cc(NC(=O)c3ccn(C(F)F)n3)ccc2F)N=C(N)COCC1(F)F. The molecule has 1 atom stereocenters. The van der Waals surface area contributed by atoms with Crippen LogP contribution in [0.2, 0.25) is 0 Å². The minimum atomic E-state index is -3.60. The van der Waals surface area contributed by atoms with Crippen molar-refractivity contribution < 1.29 is 31.5 Å². The average Bonchev–Trinajstić information content (AvgIpc) is 3.09. The first-order valence-electron chi connectivity index (χ1n) is 8.28. The molecule has 0 saturated heterocycles. The Balaban J connectivity index is 1.95. The number of alkyl halides is 4. The van der Waals surface area contributed by atoms with Gasteiger partial charge in [0.1, 0.15) is 24.9 Å². The van der Waals surface area contributed by atoms with Crippen molar-refractivity contribution in [3.05, 3.63) is 47.5 Å². The number of rotatable bonds is 4. The van der Waals surface area contributed by atoms with E-state index in [0.29, 0.717) is 0 Å². The number of aromatic nitrogens is 2. The summed E-state index contributed by atoms with van der Waals surface area (Å²) in [6.07, 6.45) is 0.903. The molecular formula is C17H16F5N5O2. The minimum absolute atomic E-state index is 0.0611. The number of anilines is 1. The molecule has 0 aliphatic carbocycles. The summed E-state index contributed by atoms with van der Waals surface area (Å²) in [6, 6.07) is 4.03. The number of amidine groups is 1. The summed E-state index contributed by atoms with van der Waals surface area (Å²) in [5.74, 6) is -5.72. The van der Waals surface area contributed by atoms with Gasteiger partial charge in [-0.3, -0.25) is 9.79 Å². The van der Waals surface area contributed by atoms with Crippen LogP contribution in [0.1, 0.15) is 29.5 Å². The molecule has 1 aliphatic rings. The van der Waals surface area contributed by atoms with E-state index in [9.17, 15) is 26.7 Å². The lowest BCUT2D eigenvalue weighted by Gasteiger charge is -2.33. The zero-order valence-corrected chi connectivity index (χ0v) is 15.0. The monoisotopic (exact) mass is 417 g/mol. The molecule has 1 aromatic carbocycles. The molecule has 3 N–H and O–H groups in total. The highest BCUT2D eigenvalue weighted by molar-refractivity contribution is 6.02. The molecule has 2 aromatic rings. The molecule has 1 unspecified atom stereocenters. The van der Waals surface area contributed by atoms with E-state index < -0.39 is 41.9 Å². The molecule has 1 aliphatic heterocycles. The van der Waals surface area contributed by atoms with Gasteiger partial charge in [-0.05, 0) is 31.2 Å². The van der Waals surface area contributed by atoms with E-state index in [1.54, 1.807) is 0 Å². The van der Waals surface area contributed by atoms with E-state index in [0.717, 1.165) is 37.4 Å². The topological polar surface area (TPSA) is 94.5 Å². The van der Waals surface area contributed by atoms with Crippen LogP contribution < -0.4 is 11.1 Å². The molecule has 29 heavy (non-hydrogen) atoms. The Morgan fingerprint density at radius 2 is 2.07 bits per heavy atom. The molecule has 0 fully saturated rings. The maximum absolute atomic E-state index is 14.7. The number of nitrogens with one attached hydrogen (secondary N) is 1. The van der Waals surface area contributed by atoms with Gasteiger partial charge in [-0.2, -0.15) is 13.9 Å². The number of ether oxygens (including phenoxy) is 1. The molecule has 1 aromatic heterocycles. The number of amides is 1. The van der Waals surface area contributed by atoms with Crippen molar-refractivity contribution in [2.45, 2.75) is 24.9 Å². The summed E-state index contributed by atoms with van der Waals surface area (Å²) in [6.45, 7) is -3.30. The second kappa shape index (κ2) is 7.43. The number of nitrogens with two attached hydrogens (primary N) is 1. The van der Waals surface area contributed by atoms with Gasteiger partial charge in [0, 0.05) is 17.4 Å². The summed E-state index contributed by atoms with van der Waals surface area (Å²) >= 11 is 0. The normalized spacial score (nSPS) is 21.6. The second-order valence-electron chi connectivity index (χ2n) is 6.48. The van der Waals surface area contributed by atoms with Crippen LogP contribution in [0.3, 0.4) is 0 Å². The number of hydrogen-bond acceptors (Lipinski definition) is 5. The van der Waals surface area contributed by atoms with E-state index >= 15 is 0 Å². The van der Waals surface area contributed by atoms with Crippen molar-refractivity contribution in [1.82, 2.24) is 9.78 Å². The fourth-order valence-electron chi connectivity index (χ4n) is 2.82. The number of nitrogens with zero attached hydrogens (tertiary/aromatic N) is 3. The fourth-order valence-corrected chi connectivity index (χ4v) is 2.82. The summed E-state index contributed by atoms with van der Waals surface area (Å²) in [5, 5.41) is 5.71. The summed E-state index contributed by atoms with van der Waals surface area (Å²) in [4.78, 5) is 16.0. The average molecular weight is 417 g/mol. The lowest BCUT2D eigenvalue weighted by atomic mass is 9.85.